The van der Waals surface area contributed by atoms with Gasteiger partial charge in [0.05, 0.1) is 11.9 Å². The van der Waals surface area contributed by atoms with Crippen LogP contribution in [0.5, 0.6) is 0 Å². The topological polar surface area (TPSA) is 91.3 Å². The van der Waals surface area contributed by atoms with Crippen molar-refractivity contribution in [2.45, 2.75) is 13.3 Å². The van der Waals surface area contributed by atoms with Gasteiger partial charge in [-0.05, 0) is 18.1 Å². The number of pyridine rings is 1. The van der Waals surface area contributed by atoms with Crippen LogP contribution in [-0.4, -0.2) is 28.6 Å². The number of hydrogen-bond donors (Lipinski definition) is 3. The number of aromatic nitrogens is 1. The lowest BCUT2D eigenvalue weighted by Gasteiger charge is -2.11. The van der Waals surface area contributed by atoms with Gasteiger partial charge >= 0.3 is 12.0 Å². The van der Waals surface area contributed by atoms with Crippen LogP contribution in [0.1, 0.15) is 13.3 Å². The second-order valence-electron chi connectivity index (χ2n) is 3.78. The lowest BCUT2D eigenvalue weighted by Crippen LogP contribution is -2.32. The van der Waals surface area contributed by atoms with Crippen molar-refractivity contribution in [1.82, 2.24) is 10.3 Å². The maximum Gasteiger partial charge on any atom is 0.319 e. The number of rotatable bonds is 5. The maximum atomic E-state index is 11.4. The molecule has 6 heteroatoms. The molecule has 0 aromatic carbocycles. The average Bonchev–Trinajstić information content (AvgIpc) is 2.27. The minimum Gasteiger partial charge on any atom is -0.481 e. The normalized spacial score (nSPS) is 11.6. The molecule has 92 valence electrons. The van der Waals surface area contributed by atoms with Crippen LogP contribution in [0.2, 0.25) is 0 Å². The predicted molar refractivity (Wildman–Crippen MR) is 62.7 cm³/mol. The van der Waals surface area contributed by atoms with E-state index in [9.17, 15) is 9.59 Å². The van der Waals surface area contributed by atoms with E-state index in [2.05, 4.69) is 15.6 Å². The van der Waals surface area contributed by atoms with Gasteiger partial charge in [-0.2, -0.15) is 0 Å². The number of nitrogens with zero attached hydrogens (tertiary/aromatic N) is 1. The molecular weight excluding hydrogens is 222 g/mol. The van der Waals surface area contributed by atoms with Gasteiger partial charge in [0.1, 0.15) is 0 Å². The lowest BCUT2D eigenvalue weighted by atomic mass is 10.1. The van der Waals surface area contributed by atoms with Crippen molar-refractivity contribution in [2.75, 3.05) is 11.9 Å². The molecule has 0 bridgehead atoms. The van der Waals surface area contributed by atoms with E-state index < -0.39 is 5.97 Å². The quantitative estimate of drug-likeness (QED) is 0.720. The Morgan fingerprint density at radius 2 is 2.29 bits per heavy atom. The minimum absolute atomic E-state index is 0.0349. The zero-order valence-corrected chi connectivity index (χ0v) is 9.51. The lowest BCUT2D eigenvalue weighted by molar-refractivity contribution is -0.137. The minimum atomic E-state index is -0.869. The van der Waals surface area contributed by atoms with Crippen molar-refractivity contribution >= 4 is 17.7 Å². The Morgan fingerprint density at radius 1 is 1.53 bits per heavy atom. The van der Waals surface area contributed by atoms with Gasteiger partial charge in [-0.3, -0.25) is 9.78 Å². The summed E-state index contributed by atoms with van der Waals surface area (Å²) in [4.78, 5) is 25.7. The summed E-state index contributed by atoms with van der Waals surface area (Å²) in [6, 6.07) is 3.06. The molecule has 1 atom stereocenters. The summed E-state index contributed by atoms with van der Waals surface area (Å²) in [5.74, 6) is -0.973. The van der Waals surface area contributed by atoms with Crippen LogP contribution in [0.25, 0.3) is 0 Å². The zero-order valence-electron chi connectivity index (χ0n) is 9.51. The van der Waals surface area contributed by atoms with E-state index in [1.807, 2.05) is 0 Å². The number of carbonyl (C=O) groups is 2. The van der Waals surface area contributed by atoms with Crippen LogP contribution >= 0.6 is 0 Å². The van der Waals surface area contributed by atoms with Gasteiger partial charge in [-0.15, -0.1) is 0 Å². The van der Waals surface area contributed by atoms with Crippen LogP contribution in [-0.2, 0) is 4.79 Å². The van der Waals surface area contributed by atoms with Gasteiger partial charge in [0, 0.05) is 19.2 Å². The molecule has 0 aliphatic rings. The molecule has 6 nitrogen and oxygen atoms in total. The summed E-state index contributed by atoms with van der Waals surface area (Å²) >= 11 is 0. The molecule has 1 aromatic heterocycles. The fraction of sp³-hybridized carbons (Fsp3) is 0.364. The molecule has 17 heavy (non-hydrogen) atoms. The zero-order chi connectivity index (χ0) is 12.7. The monoisotopic (exact) mass is 237 g/mol. The smallest absolute Gasteiger partial charge is 0.319 e. The summed E-state index contributed by atoms with van der Waals surface area (Å²) < 4.78 is 0. The summed E-state index contributed by atoms with van der Waals surface area (Å²) in [5.41, 5.74) is 0.593. The van der Waals surface area contributed by atoms with E-state index in [-0.39, 0.29) is 18.4 Å². The fourth-order valence-electron chi connectivity index (χ4n) is 1.25. The third-order valence-corrected chi connectivity index (χ3v) is 2.05. The van der Waals surface area contributed by atoms with Gasteiger partial charge < -0.3 is 15.7 Å². The van der Waals surface area contributed by atoms with Crippen LogP contribution in [0.15, 0.2) is 24.5 Å². The highest BCUT2D eigenvalue weighted by Crippen LogP contribution is 2.03. The number of amides is 2. The van der Waals surface area contributed by atoms with Gasteiger partial charge in [0.25, 0.3) is 0 Å². The molecular formula is C11H15N3O3. The van der Waals surface area contributed by atoms with Gasteiger partial charge in [0.15, 0.2) is 0 Å². The molecule has 1 heterocycles. The van der Waals surface area contributed by atoms with Gasteiger partial charge in [-0.1, -0.05) is 6.92 Å². The van der Waals surface area contributed by atoms with Crippen molar-refractivity contribution in [1.29, 1.82) is 0 Å². The molecule has 0 aliphatic heterocycles. The number of aliphatic carboxylic acids is 1. The number of carbonyl (C=O) groups excluding carboxylic acids is 1. The SMILES string of the molecule is CC(CNC(=O)Nc1cccnc1)CC(=O)O. The first kappa shape index (κ1) is 13.0. The molecule has 0 spiro atoms. The molecule has 3 N–H and O–H groups in total. The number of nitrogens with one attached hydrogen (secondary N) is 2. The van der Waals surface area contributed by atoms with Gasteiger partial charge in [0.2, 0.25) is 0 Å². The first-order valence-electron chi connectivity index (χ1n) is 5.24. The Hall–Kier alpha value is -2.11. The van der Waals surface area contributed by atoms with E-state index in [1.54, 1.807) is 25.3 Å². The molecule has 0 fully saturated rings. The number of anilines is 1. The molecule has 2 amide bonds. The Labute approximate surface area is 99.1 Å². The van der Waals surface area contributed by atoms with Gasteiger partial charge in [-0.25, -0.2) is 4.79 Å². The first-order chi connectivity index (χ1) is 8.08. The Bertz CT molecular complexity index is 381. The second-order valence-corrected chi connectivity index (χ2v) is 3.78. The second kappa shape index (κ2) is 6.47. The highest BCUT2D eigenvalue weighted by atomic mass is 16.4. The third kappa shape index (κ3) is 5.50. The van der Waals surface area contributed by atoms with Crippen LogP contribution in [0.3, 0.4) is 0 Å². The van der Waals surface area contributed by atoms with Crippen molar-refractivity contribution in [3.8, 4) is 0 Å². The third-order valence-electron chi connectivity index (χ3n) is 2.05. The van der Waals surface area contributed by atoms with E-state index in [0.29, 0.717) is 12.2 Å². The molecule has 0 saturated heterocycles. The van der Waals surface area contributed by atoms with Crippen LogP contribution in [0, 0.1) is 5.92 Å². The maximum absolute atomic E-state index is 11.4. The van der Waals surface area contributed by atoms with Crippen molar-refractivity contribution in [2.24, 2.45) is 5.92 Å². The number of hydrogen-bond acceptors (Lipinski definition) is 3. The summed E-state index contributed by atoms with van der Waals surface area (Å²) in [7, 11) is 0. The molecule has 0 radical (unpaired) electrons. The molecule has 1 unspecified atom stereocenters. The first-order valence-corrected chi connectivity index (χ1v) is 5.24. The summed E-state index contributed by atoms with van der Waals surface area (Å²) in [6.07, 6.45) is 3.17. The Balaban J connectivity index is 2.28. The highest BCUT2D eigenvalue weighted by Gasteiger charge is 2.09. The standard InChI is InChI=1S/C11H15N3O3/c1-8(5-10(15)16)6-13-11(17)14-9-3-2-4-12-7-9/h2-4,7-8H,5-6H2,1H3,(H,15,16)(H2,13,14,17). The molecule has 0 saturated carbocycles. The molecule has 0 aliphatic carbocycles. The van der Waals surface area contributed by atoms with E-state index >= 15 is 0 Å². The van der Waals surface area contributed by atoms with Crippen molar-refractivity contribution < 1.29 is 14.7 Å². The Morgan fingerprint density at radius 3 is 2.88 bits per heavy atom. The largest absolute Gasteiger partial charge is 0.481 e. The fourth-order valence-corrected chi connectivity index (χ4v) is 1.25. The average molecular weight is 237 g/mol. The van der Waals surface area contributed by atoms with Crippen LogP contribution in [0.4, 0.5) is 10.5 Å². The number of urea groups is 1. The van der Waals surface area contributed by atoms with E-state index in [4.69, 9.17) is 5.11 Å². The van der Waals surface area contributed by atoms with Crippen molar-refractivity contribution in [3.63, 3.8) is 0 Å². The van der Waals surface area contributed by atoms with E-state index in [1.165, 1.54) is 6.20 Å². The summed E-state index contributed by atoms with van der Waals surface area (Å²) in [6.45, 7) is 2.08. The molecule has 1 rings (SSSR count). The number of carboxylic acid groups (broad SMARTS) is 1. The molecule has 1 aromatic rings. The van der Waals surface area contributed by atoms with Crippen molar-refractivity contribution in [3.05, 3.63) is 24.5 Å². The number of carboxylic acids is 1. The Kier molecular flexibility index (Phi) is 4.93. The van der Waals surface area contributed by atoms with Crippen LogP contribution < -0.4 is 10.6 Å². The summed E-state index contributed by atoms with van der Waals surface area (Å²) in [5, 5.41) is 13.7. The predicted octanol–water partition coefficient (Wildman–Crippen LogP) is 1.31. The highest BCUT2D eigenvalue weighted by molar-refractivity contribution is 5.88. The van der Waals surface area contributed by atoms with E-state index in [0.717, 1.165) is 0 Å².